The van der Waals surface area contributed by atoms with E-state index in [2.05, 4.69) is 118 Å². The van der Waals surface area contributed by atoms with Crippen LogP contribution in [0, 0.1) is 55.4 Å². The molecule has 0 aliphatic rings. The van der Waals surface area contributed by atoms with Crippen LogP contribution in [0.5, 0.6) is 23.0 Å². The van der Waals surface area contributed by atoms with Gasteiger partial charge in [-0.3, -0.25) is 0 Å². The van der Waals surface area contributed by atoms with Crippen molar-refractivity contribution < 1.29 is 20.4 Å². The SMILES string of the molecule is CC(C)c1ccccc1.CC(C)c1ccccc1.Cc1cc(C(C)(C)c2cc(C)c(O)c(C)c2)cc(C)c1O.Cc1cc(C(C)C)cc(C)c1O.Cc1cc(C(C)C)cc(C)c1O. The van der Waals surface area contributed by atoms with Crippen molar-refractivity contribution in [1.29, 1.82) is 0 Å². The molecular formula is C59H80O4. The zero-order valence-electron chi connectivity index (χ0n) is 42.0. The first kappa shape index (κ1) is 53.7. The monoisotopic (exact) mass is 853 g/mol. The minimum absolute atomic E-state index is 0.188. The van der Waals surface area contributed by atoms with Crippen LogP contribution in [0.1, 0.15) is 171 Å². The maximum Gasteiger partial charge on any atom is 0.121 e. The fourth-order valence-corrected chi connectivity index (χ4v) is 7.12. The Morgan fingerprint density at radius 3 is 0.667 bits per heavy atom. The topological polar surface area (TPSA) is 80.9 Å². The minimum atomic E-state index is -0.188. The van der Waals surface area contributed by atoms with E-state index in [0.717, 1.165) is 44.5 Å². The zero-order valence-corrected chi connectivity index (χ0v) is 42.0. The summed E-state index contributed by atoms with van der Waals surface area (Å²) in [5.41, 5.74) is 15.0. The quantitative estimate of drug-likeness (QED) is 0.135. The minimum Gasteiger partial charge on any atom is -0.507 e. The Balaban J connectivity index is 0.000000283. The van der Waals surface area contributed by atoms with Crippen molar-refractivity contribution in [3.05, 3.63) is 187 Å². The summed E-state index contributed by atoms with van der Waals surface area (Å²) in [6.45, 7) is 37.2. The van der Waals surface area contributed by atoms with Crippen molar-refractivity contribution in [3.8, 4) is 23.0 Å². The van der Waals surface area contributed by atoms with Crippen LogP contribution in [0.25, 0.3) is 0 Å². The predicted octanol–water partition coefficient (Wildman–Crippen LogP) is 16.5. The van der Waals surface area contributed by atoms with Gasteiger partial charge in [0.15, 0.2) is 0 Å². The highest BCUT2D eigenvalue weighted by molar-refractivity contribution is 5.51. The van der Waals surface area contributed by atoms with Crippen LogP contribution in [0.2, 0.25) is 0 Å². The Kier molecular flexibility index (Phi) is 20.8. The highest BCUT2D eigenvalue weighted by Crippen LogP contribution is 2.38. The zero-order chi connectivity index (χ0) is 47.9. The number of phenolic OH excluding ortho intramolecular Hbond substituents is 4. The van der Waals surface area contributed by atoms with Crippen LogP contribution in [0.3, 0.4) is 0 Å². The van der Waals surface area contributed by atoms with Gasteiger partial charge in [0.1, 0.15) is 23.0 Å². The first-order chi connectivity index (χ1) is 29.3. The van der Waals surface area contributed by atoms with Gasteiger partial charge < -0.3 is 20.4 Å². The molecule has 0 aliphatic carbocycles. The number of benzene rings is 6. The number of hydrogen-bond donors (Lipinski definition) is 4. The molecule has 0 fully saturated rings. The summed E-state index contributed by atoms with van der Waals surface area (Å²) in [7, 11) is 0. The Bertz CT molecular complexity index is 2070. The van der Waals surface area contributed by atoms with Crippen LogP contribution in [-0.4, -0.2) is 20.4 Å². The molecule has 6 aromatic rings. The first-order valence-corrected chi connectivity index (χ1v) is 22.6. The standard InChI is InChI=1S/C19H24O2.2C11H16O.2C9H12/c1-11-7-15(8-12(2)17(11)20)19(5,6)16-9-13(3)18(21)14(4)10-16;2*1-7(2)10-5-8(3)11(12)9(4)6-10;2*1-8(2)9-6-4-3-5-7-9/h7-10,20-21H,1-6H3;2*5-7,12H,1-4H3;2*3-8H,1-2H3. The molecule has 0 spiro atoms. The molecule has 0 amide bonds. The summed E-state index contributed by atoms with van der Waals surface area (Å²) in [5.74, 6) is 3.97. The third kappa shape index (κ3) is 16.0. The Hall–Kier alpha value is -5.48. The molecule has 63 heavy (non-hydrogen) atoms. The summed E-state index contributed by atoms with van der Waals surface area (Å²) in [4.78, 5) is 0. The lowest BCUT2D eigenvalue weighted by Crippen LogP contribution is -2.19. The Morgan fingerprint density at radius 2 is 0.492 bits per heavy atom. The second kappa shape index (κ2) is 24.4. The van der Waals surface area contributed by atoms with Crippen molar-refractivity contribution in [2.24, 2.45) is 0 Å². The summed E-state index contributed by atoms with van der Waals surface area (Å²) < 4.78 is 0. The van der Waals surface area contributed by atoms with Crippen LogP contribution in [0.15, 0.2) is 109 Å². The highest BCUT2D eigenvalue weighted by Gasteiger charge is 2.26. The van der Waals surface area contributed by atoms with E-state index in [0.29, 0.717) is 46.7 Å². The van der Waals surface area contributed by atoms with Crippen LogP contribution in [-0.2, 0) is 5.41 Å². The van der Waals surface area contributed by atoms with Gasteiger partial charge in [-0.05, 0) is 157 Å². The second-order valence-electron chi connectivity index (χ2n) is 19.0. The third-order valence-corrected chi connectivity index (χ3v) is 11.7. The predicted molar refractivity (Wildman–Crippen MR) is 272 cm³/mol. The van der Waals surface area contributed by atoms with Crippen molar-refractivity contribution in [1.82, 2.24) is 0 Å². The van der Waals surface area contributed by atoms with E-state index < -0.39 is 0 Å². The molecule has 6 rings (SSSR count). The van der Waals surface area contributed by atoms with Crippen LogP contribution < -0.4 is 0 Å². The van der Waals surface area contributed by atoms with Gasteiger partial charge in [0.25, 0.3) is 0 Å². The number of aromatic hydroxyl groups is 4. The van der Waals surface area contributed by atoms with Crippen molar-refractivity contribution in [3.63, 3.8) is 0 Å². The summed E-state index contributed by atoms with van der Waals surface area (Å²) in [6, 6.07) is 37.4. The van der Waals surface area contributed by atoms with E-state index in [1.54, 1.807) is 0 Å². The lowest BCUT2D eigenvalue weighted by atomic mass is 9.76. The van der Waals surface area contributed by atoms with E-state index >= 15 is 0 Å². The number of hydrogen-bond acceptors (Lipinski definition) is 4. The maximum atomic E-state index is 9.96. The van der Waals surface area contributed by atoms with E-state index in [9.17, 15) is 20.4 Å². The molecule has 340 valence electrons. The maximum absolute atomic E-state index is 9.96. The molecule has 6 aromatic carbocycles. The molecule has 4 heteroatoms. The molecule has 0 radical (unpaired) electrons. The van der Waals surface area contributed by atoms with E-state index in [1.165, 1.54) is 33.4 Å². The molecule has 0 bridgehead atoms. The van der Waals surface area contributed by atoms with Gasteiger partial charge in [-0.2, -0.15) is 0 Å². The van der Waals surface area contributed by atoms with Crippen LogP contribution >= 0.6 is 0 Å². The summed E-state index contributed by atoms with van der Waals surface area (Å²) in [5, 5.41) is 38.9. The second-order valence-corrected chi connectivity index (χ2v) is 19.0. The number of phenols is 4. The van der Waals surface area contributed by atoms with Gasteiger partial charge in [-0.1, -0.05) is 178 Å². The fourth-order valence-electron chi connectivity index (χ4n) is 7.12. The Labute approximate surface area is 382 Å². The number of aryl methyl sites for hydroxylation is 8. The van der Waals surface area contributed by atoms with Gasteiger partial charge in [-0.15, -0.1) is 0 Å². The van der Waals surface area contributed by atoms with E-state index in [-0.39, 0.29) is 5.41 Å². The summed E-state index contributed by atoms with van der Waals surface area (Å²) >= 11 is 0. The molecule has 0 atom stereocenters. The van der Waals surface area contributed by atoms with Gasteiger partial charge in [0.2, 0.25) is 0 Å². The van der Waals surface area contributed by atoms with Gasteiger partial charge in [0, 0.05) is 5.41 Å². The molecular weight excluding hydrogens is 773 g/mol. The number of rotatable bonds is 6. The molecule has 4 N–H and O–H groups in total. The van der Waals surface area contributed by atoms with Gasteiger partial charge in [0.05, 0.1) is 0 Å². The van der Waals surface area contributed by atoms with Crippen molar-refractivity contribution in [2.75, 3.05) is 0 Å². The fraction of sp³-hybridized carbons (Fsp3) is 0.390. The van der Waals surface area contributed by atoms with E-state index in [1.807, 2.05) is 116 Å². The molecule has 0 aromatic heterocycles. The molecule has 4 nitrogen and oxygen atoms in total. The van der Waals surface area contributed by atoms with Crippen LogP contribution in [0.4, 0.5) is 0 Å². The molecule has 0 unspecified atom stereocenters. The molecule has 0 heterocycles. The van der Waals surface area contributed by atoms with Crippen molar-refractivity contribution >= 4 is 0 Å². The van der Waals surface area contributed by atoms with Gasteiger partial charge >= 0.3 is 0 Å². The van der Waals surface area contributed by atoms with Crippen molar-refractivity contribution in [2.45, 2.75) is 154 Å². The largest absolute Gasteiger partial charge is 0.507 e. The normalized spacial score (nSPS) is 10.9. The average molecular weight is 853 g/mol. The lowest BCUT2D eigenvalue weighted by Gasteiger charge is -2.28. The highest BCUT2D eigenvalue weighted by atomic mass is 16.3. The molecule has 0 aliphatic heterocycles. The third-order valence-electron chi connectivity index (χ3n) is 11.7. The lowest BCUT2D eigenvalue weighted by molar-refractivity contribution is 0.464. The Morgan fingerprint density at radius 1 is 0.302 bits per heavy atom. The van der Waals surface area contributed by atoms with Gasteiger partial charge in [-0.25, -0.2) is 0 Å². The molecule has 0 saturated heterocycles. The first-order valence-electron chi connectivity index (χ1n) is 22.6. The average Bonchev–Trinajstić information content (AvgIpc) is 3.23. The smallest absolute Gasteiger partial charge is 0.121 e. The van der Waals surface area contributed by atoms with E-state index in [4.69, 9.17) is 0 Å². The summed E-state index contributed by atoms with van der Waals surface area (Å²) in [6.07, 6.45) is 0. The molecule has 0 saturated carbocycles.